The molecular weight excluding hydrogens is 292 g/mol. The molecule has 5 heteroatoms. The number of nitrogens with one attached hydrogen (secondary N) is 1. The quantitative estimate of drug-likeness (QED) is 0.923. The Kier molecular flexibility index (Phi) is 4.57. The number of amides is 1. The summed E-state index contributed by atoms with van der Waals surface area (Å²) in [5, 5.41) is 3.97. The normalized spacial score (nSPS) is 17.6. The summed E-state index contributed by atoms with van der Waals surface area (Å²) < 4.78 is 13.1. The van der Waals surface area contributed by atoms with Gasteiger partial charge in [0.15, 0.2) is 0 Å². The van der Waals surface area contributed by atoms with E-state index >= 15 is 0 Å². The first kappa shape index (κ1) is 15.9. The van der Waals surface area contributed by atoms with Crippen LogP contribution in [0.1, 0.15) is 35.8 Å². The molecular formula is C18H24N2O3. The largest absolute Gasteiger partial charge is 0.497 e. The number of aryl methyl sites for hydroxylation is 1. The van der Waals surface area contributed by atoms with Gasteiger partial charge in [0.2, 0.25) is 0 Å². The van der Waals surface area contributed by atoms with Crippen LogP contribution in [0.4, 0.5) is 0 Å². The smallest absolute Gasteiger partial charge is 0.253 e. The Morgan fingerprint density at radius 1 is 1.48 bits per heavy atom. The fraction of sp³-hybridized carbons (Fsp3) is 0.500. The van der Waals surface area contributed by atoms with Gasteiger partial charge in [0.25, 0.3) is 5.91 Å². The molecule has 5 nitrogen and oxygen atoms in total. The molecule has 0 spiro atoms. The van der Waals surface area contributed by atoms with Crippen LogP contribution in [-0.4, -0.2) is 36.8 Å². The van der Waals surface area contributed by atoms with Crippen LogP contribution in [-0.2, 0) is 11.3 Å². The molecule has 1 aliphatic rings. The molecule has 1 saturated heterocycles. The molecule has 2 heterocycles. The van der Waals surface area contributed by atoms with Crippen LogP contribution in [0.2, 0.25) is 0 Å². The van der Waals surface area contributed by atoms with Gasteiger partial charge in [-0.15, -0.1) is 0 Å². The lowest BCUT2D eigenvalue weighted by atomic mass is 10.1. The topological polar surface area (TPSA) is 52.5 Å². The zero-order valence-corrected chi connectivity index (χ0v) is 14.0. The van der Waals surface area contributed by atoms with Crippen molar-refractivity contribution >= 4 is 16.8 Å². The number of carbonyl (C=O) groups excluding carboxylic acids is 1. The number of fused-ring (bicyclic) bond motifs is 1. The molecule has 0 radical (unpaired) electrons. The fourth-order valence-electron chi connectivity index (χ4n) is 3.38. The Labute approximate surface area is 136 Å². The summed E-state index contributed by atoms with van der Waals surface area (Å²) in [6.45, 7) is 6.28. The summed E-state index contributed by atoms with van der Waals surface area (Å²) in [5.41, 5.74) is 2.78. The second-order valence-corrected chi connectivity index (χ2v) is 5.93. The van der Waals surface area contributed by atoms with Crippen molar-refractivity contribution in [3.05, 3.63) is 29.5 Å². The van der Waals surface area contributed by atoms with Crippen LogP contribution in [0.5, 0.6) is 5.75 Å². The lowest BCUT2D eigenvalue weighted by molar-refractivity contribution is 0.0858. The zero-order chi connectivity index (χ0) is 16.4. The number of carbonyl (C=O) groups is 1. The van der Waals surface area contributed by atoms with Crippen molar-refractivity contribution in [2.24, 2.45) is 0 Å². The van der Waals surface area contributed by atoms with Crippen LogP contribution in [0, 0.1) is 6.92 Å². The molecule has 3 rings (SSSR count). The molecule has 1 aromatic carbocycles. The Hall–Kier alpha value is -2.01. The van der Waals surface area contributed by atoms with Crippen LogP contribution in [0.15, 0.2) is 18.2 Å². The monoisotopic (exact) mass is 316 g/mol. The van der Waals surface area contributed by atoms with Crippen molar-refractivity contribution in [3.63, 3.8) is 0 Å². The molecule has 1 fully saturated rings. The Morgan fingerprint density at radius 2 is 2.30 bits per heavy atom. The van der Waals surface area contributed by atoms with E-state index < -0.39 is 0 Å². The fourth-order valence-corrected chi connectivity index (χ4v) is 3.38. The van der Waals surface area contributed by atoms with Gasteiger partial charge in [0.1, 0.15) is 5.75 Å². The van der Waals surface area contributed by atoms with Crippen LogP contribution in [0.25, 0.3) is 10.9 Å². The van der Waals surface area contributed by atoms with Gasteiger partial charge in [0.05, 0.1) is 18.8 Å². The van der Waals surface area contributed by atoms with E-state index in [0.717, 1.165) is 53.9 Å². The van der Waals surface area contributed by atoms with Gasteiger partial charge < -0.3 is 19.4 Å². The van der Waals surface area contributed by atoms with Crippen molar-refractivity contribution in [3.8, 4) is 5.75 Å². The van der Waals surface area contributed by atoms with Gasteiger partial charge in [-0.2, -0.15) is 0 Å². The van der Waals surface area contributed by atoms with Crippen molar-refractivity contribution in [1.29, 1.82) is 0 Å². The average molecular weight is 316 g/mol. The molecule has 1 amide bonds. The van der Waals surface area contributed by atoms with Crippen LogP contribution in [0.3, 0.4) is 0 Å². The van der Waals surface area contributed by atoms with E-state index in [2.05, 4.69) is 16.8 Å². The summed E-state index contributed by atoms with van der Waals surface area (Å²) in [7, 11) is 1.64. The highest BCUT2D eigenvalue weighted by molar-refractivity contribution is 6.08. The Balaban J connectivity index is 1.94. The second kappa shape index (κ2) is 6.62. The predicted octanol–water partition coefficient (Wildman–Crippen LogP) is 2.89. The summed E-state index contributed by atoms with van der Waals surface area (Å²) in [6.07, 6.45) is 2.24. The summed E-state index contributed by atoms with van der Waals surface area (Å²) >= 11 is 0. The first-order valence-corrected chi connectivity index (χ1v) is 8.22. The molecule has 2 aromatic rings. The lowest BCUT2D eigenvalue weighted by Crippen LogP contribution is -2.32. The van der Waals surface area contributed by atoms with Gasteiger partial charge in [-0.25, -0.2) is 0 Å². The molecule has 0 bridgehead atoms. The molecule has 1 N–H and O–H groups in total. The van der Waals surface area contributed by atoms with Crippen molar-refractivity contribution in [1.82, 2.24) is 9.88 Å². The Morgan fingerprint density at radius 3 is 2.96 bits per heavy atom. The molecule has 0 aliphatic carbocycles. The number of methoxy groups -OCH3 is 1. The van der Waals surface area contributed by atoms with E-state index in [1.807, 2.05) is 25.1 Å². The number of hydrogen-bond donors (Lipinski definition) is 1. The molecule has 1 aromatic heterocycles. The lowest BCUT2D eigenvalue weighted by Gasteiger charge is -2.11. The number of benzene rings is 1. The summed E-state index contributed by atoms with van der Waals surface area (Å²) in [4.78, 5) is 12.7. The van der Waals surface area contributed by atoms with E-state index in [4.69, 9.17) is 9.47 Å². The van der Waals surface area contributed by atoms with Crippen molar-refractivity contribution in [2.75, 3.05) is 20.3 Å². The number of hydrogen-bond acceptors (Lipinski definition) is 3. The minimum absolute atomic E-state index is 0.0385. The first-order chi connectivity index (χ1) is 11.2. The molecule has 23 heavy (non-hydrogen) atoms. The highest BCUT2D eigenvalue weighted by Gasteiger charge is 2.22. The number of nitrogens with zero attached hydrogens (tertiary/aromatic N) is 1. The molecule has 1 atom stereocenters. The van der Waals surface area contributed by atoms with Crippen LogP contribution >= 0.6 is 0 Å². The first-order valence-electron chi connectivity index (χ1n) is 8.22. The van der Waals surface area contributed by atoms with Gasteiger partial charge in [0, 0.05) is 36.3 Å². The van der Waals surface area contributed by atoms with Crippen LogP contribution < -0.4 is 10.1 Å². The standard InChI is InChI=1S/C18H24N2O3/c1-4-20-12(2)17(15-10-13(22-3)7-8-16(15)20)18(21)19-11-14-6-5-9-23-14/h7-8,10,14H,4-6,9,11H2,1-3H3,(H,19,21)/t14-/m1/s1. The van der Waals surface area contributed by atoms with Crippen molar-refractivity contribution < 1.29 is 14.3 Å². The third-order valence-electron chi connectivity index (χ3n) is 4.59. The third-order valence-corrected chi connectivity index (χ3v) is 4.59. The summed E-state index contributed by atoms with van der Waals surface area (Å²) in [5.74, 6) is 0.724. The number of rotatable bonds is 5. The van der Waals surface area contributed by atoms with Crippen molar-refractivity contribution in [2.45, 2.75) is 39.3 Å². The predicted molar refractivity (Wildman–Crippen MR) is 90.2 cm³/mol. The van der Waals surface area contributed by atoms with E-state index in [-0.39, 0.29) is 12.0 Å². The number of aromatic nitrogens is 1. The minimum Gasteiger partial charge on any atom is -0.497 e. The Bertz CT molecular complexity index is 715. The minimum atomic E-state index is -0.0385. The highest BCUT2D eigenvalue weighted by atomic mass is 16.5. The SMILES string of the molecule is CCn1c(C)c(C(=O)NC[C@H]2CCCO2)c2cc(OC)ccc21. The summed E-state index contributed by atoms with van der Waals surface area (Å²) in [6, 6.07) is 5.89. The highest BCUT2D eigenvalue weighted by Crippen LogP contribution is 2.29. The maximum absolute atomic E-state index is 12.7. The molecule has 124 valence electrons. The van der Waals surface area contributed by atoms with Gasteiger partial charge in [-0.05, 0) is 44.9 Å². The zero-order valence-electron chi connectivity index (χ0n) is 14.0. The second-order valence-electron chi connectivity index (χ2n) is 5.93. The molecule has 0 unspecified atom stereocenters. The maximum Gasteiger partial charge on any atom is 0.253 e. The van der Waals surface area contributed by atoms with Gasteiger partial charge >= 0.3 is 0 Å². The van der Waals surface area contributed by atoms with E-state index in [1.54, 1.807) is 7.11 Å². The molecule has 1 aliphatic heterocycles. The number of ether oxygens (including phenoxy) is 2. The maximum atomic E-state index is 12.7. The van der Waals surface area contributed by atoms with Gasteiger partial charge in [-0.1, -0.05) is 0 Å². The van der Waals surface area contributed by atoms with Gasteiger partial charge in [-0.3, -0.25) is 4.79 Å². The van der Waals surface area contributed by atoms with E-state index in [1.165, 1.54) is 0 Å². The van der Waals surface area contributed by atoms with E-state index in [9.17, 15) is 4.79 Å². The third kappa shape index (κ3) is 2.93. The van der Waals surface area contributed by atoms with E-state index in [0.29, 0.717) is 6.54 Å². The average Bonchev–Trinajstić information content (AvgIpc) is 3.17. The molecule has 0 saturated carbocycles.